The molecule has 9 heteroatoms. The highest BCUT2D eigenvalue weighted by atomic mass is 19.1. The first kappa shape index (κ1) is 22.8. The van der Waals surface area contributed by atoms with Crippen molar-refractivity contribution in [3.05, 3.63) is 64.2 Å². The molecule has 1 fully saturated rings. The predicted molar refractivity (Wildman–Crippen MR) is 118 cm³/mol. The maximum Gasteiger partial charge on any atom is 0.251 e. The van der Waals surface area contributed by atoms with Gasteiger partial charge in [0, 0.05) is 54.6 Å². The molecule has 3 heterocycles. The fraction of sp³-hybridized carbons (Fsp3) is 0.417. The number of carbonyl (C=O) groups excluding carboxylic acids is 1. The largest absolute Gasteiger partial charge is 0.487 e. The number of likely N-dealkylation sites (tertiary alicyclic amines) is 1. The van der Waals surface area contributed by atoms with Gasteiger partial charge in [0.15, 0.2) is 11.6 Å². The van der Waals surface area contributed by atoms with Gasteiger partial charge in [-0.3, -0.25) is 4.79 Å². The molecule has 0 saturated carbocycles. The summed E-state index contributed by atoms with van der Waals surface area (Å²) in [4.78, 5) is 23.7. The Morgan fingerprint density at radius 2 is 1.73 bits per heavy atom. The maximum absolute atomic E-state index is 13.9. The first-order chi connectivity index (χ1) is 15.7. The lowest BCUT2D eigenvalue weighted by atomic mass is 10.0. The first-order valence-corrected chi connectivity index (χ1v) is 11.0. The van der Waals surface area contributed by atoms with Gasteiger partial charge in [0.1, 0.15) is 11.9 Å². The molecular weight excluding hydrogens is 428 g/mol. The van der Waals surface area contributed by atoms with E-state index >= 15 is 0 Å². The lowest BCUT2D eigenvalue weighted by molar-refractivity contribution is -0.132. The van der Waals surface area contributed by atoms with Crippen LogP contribution in [-0.2, 0) is 11.2 Å². The standard InChI is InChI=1S/C24H27F2N5O2/c1-14-11-15(2)28-24(27-14)31-17(4)20(16(3)29-31)13-23(32)30-9-7-19(8-10-30)33-22-6-5-18(25)12-21(22)26/h5-6,11-12,19H,7-10,13H2,1-4H3. The van der Waals surface area contributed by atoms with Crippen LogP contribution in [0.3, 0.4) is 0 Å². The van der Waals surface area contributed by atoms with E-state index < -0.39 is 11.6 Å². The van der Waals surface area contributed by atoms with Gasteiger partial charge in [-0.15, -0.1) is 0 Å². The molecule has 1 saturated heterocycles. The molecule has 33 heavy (non-hydrogen) atoms. The number of aryl methyl sites for hydroxylation is 3. The number of carbonyl (C=O) groups is 1. The molecule has 0 bridgehead atoms. The third-order valence-electron chi connectivity index (χ3n) is 5.91. The monoisotopic (exact) mass is 455 g/mol. The Bertz CT molecular complexity index is 1170. The van der Waals surface area contributed by atoms with E-state index in [-0.39, 0.29) is 24.2 Å². The lowest BCUT2D eigenvalue weighted by Crippen LogP contribution is -2.42. The van der Waals surface area contributed by atoms with Crippen LogP contribution in [-0.4, -0.2) is 49.7 Å². The van der Waals surface area contributed by atoms with Crippen molar-refractivity contribution in [2.24, 2.45) is 0 Å². The number of ether oxygens (including phenoxy) is 1. The second kappa shape index (κ2) is 9.25. The van der Waals surface area contributed by atoms with Gasteiger partial charge in [-0.2, -0.15) is 5.10 Å². The minimum absolute atomic E-state index is 0.00787. The molecule has 1 aromatic carbocycles. The highest BCUT2D eigenvalue weighted by Crippen LogP contribution is 2.24. The summed E-state index contributed by atoms with van der Waals surface area (Å²) in [7, 11) is 0. The lowest BCUT2D eigenvalue weighted by Gasteiger charge is -2.32. The van der Waals surface area contributed by atoms with Crippen molar-refractivity contribution in [2.75, 3.05) is 13.1 Å². The van der Waals surface area contributed by atoms with Crippen LogP contribution in [0.15, 0.2) is 24.3 Å². The van der Waals surface area contributed by atoms with Crippen LogP contribution in [0.4, 0.5) is 8.78 Å². The van der Waals surface area contributed by atoms with Gasteiger partial charge >= 0.3 is 0 Å². The quantitative estimate of drug-likeness (QED) is 0.585. The van der Waals surface area contributed by atoms with Crippen LogP contribution in [0.2, 0.25) is 0 Å². The summed E-state index contributed by atoms with van der Waals surface area (Å²) < 4.78 is 34.3. The zero-order chi connectivity index (χ0) is 23.7. The van der Waals surface area contributed by atoms with Crippen LogP contribution in [0.5, 0.6) is 5.75 Å². The van der Waals surface area contributed by atoms with Gasteiger partial charge in [0.25, 0.3) is 5.95 Å². The fourth-order valence-corrected chi connectivity index (χ4v) is 4.16. The number of hydrogen-bond donors (Lipinski definition) is 0. The number of hydrogen-bond acceptors (Lipinski definition) is 5. The highest BCUT2D eigenvalue weighted by Gasteiger charge is 2.26. The number of amides is 1. The third-order valence-corrected chi connectivity index (χ3v) is 5.91. The smallest absolute Gasteiger partial charge is 0.251 e. The molecule has 0 unspecified atom stereocenters. The summed E-state index contributed by atoms with van der Waals surface area (Å²) in [5.74, 6) is -0.817. The molecule has 1 aliphatic rings. The number of aromatic nitrogens is 4. The van der Waals surface area contributed by atoms with Crippen LogP contribution in [0, 0.1) is 39.3 Å². The van der Waals surface area contributed by atoms with Crippen LogP contribution < -0.4 is 4.74 Å². The van der Waals surface area contributed by atoms with Crippen molar-refractivity contribution in [1.29, 1.82) is 0 Å². The minimum Gasteiger partial charge on any atom is -0.487 e. The van der Waals surface area contributed by atoms with Gasteiger partial charge in [-0.25, -0.2) is 23.4 Å². The molecule has 4 rings (SSSR count). The van der Waals surface area contributed by atoms with Crippen molar-refractivity contribution in [3.63, 3.8) is 0 Å². The van der Waals surface area contributed by atoms with E-state index in [0.717, 1.165) is 34.4 Å². The van der Waals surface area contributed by atoms with Gasteiger partial charge in [-0.05, 0) is 45.9 Å². The molecule has 0 N–H and O–H groups in total. The summed E-state index contributed by atoms with van der Waals surface area (Å²) in [5, 5.41) is 4.57. The SMILES string of the molecule is Cc1cc(C)nc(-n2nc(C)c(CC(=O)N3CCC(Oc4ccc(F)cc4F)CC3)c2C)n1. The average molecular weight is 456 g/mol. The average Bonchev–Trinajstić information content (AvgIpc) is 3.04. The summed E-state index contributed by atoms with van der Waals surface area (Å²) >= 11 is 0. The molecule has 0 aliphatic carbocycles. The summed E-state index contributed by atoms with van der Waals surface area (Å²) in [6.45, 7) is 8.64. The molecule has 0 spiro atoms. The highest BCUT2D eigenvalue weighted by molar-refractivity contribution is 5.79. The minimum atomic E-state index is -0.718. The molecule has 3 aromatic rings. The number of benzene rings is 1. The number of nitrogens with zero attached hydrogens (tertiary/aromatic N) is 5. The molecule has 1 aliphatic heterocycles. The van der Waals surface area contributed by atoms with E-state index in [1.165, 1.54) is 12.1 Å². The van der Waals surface area contributed by atoms with Gasteiger partial charge in [-0.1, -0.05) is 0 Å². The number of halogens is 2. The van der Waals surface area contributed by atoms with Crippen LogP contribution >= 0.6 is 0 Å². The molecular formula is C24H27F2N5O2. The molecule has 1 amide bonds. The first-order valence-electron chi connectivity index (χ1n) is 11.0. The van der Waals surface area contributed by atoms with Crippen molar-refractivity contribution in [2.45, 2.75) is 53.1 Å². The number of rotatable bonds is 5. The van der Waals surface area contributed by atoms with Crippen LogP contribution in [0.25, 0.3) is 5.95 Å². The molecule has 0 radical (unpaired) electrons. The fourth-order valence-electron chi connectivity index (χ4n) is 4.16. The summed E-state index contributed by atoms with van der Waals surface area (Å²) in [6.07, 6.45) is 1.18. The van der Waals surface area contributed by atoms with E-state index in [2.05, 4.69) is 15.1 Å². The predicted octanol–water partition coefficient (Wildman–Crippen LogP) is 3.79. The molecule has 0 atom stereocenters. The van der Waals surface area contributed by atoms with E-state index in [1.54, 1.807) is 9.58 Å². The topological polar surface area (TPSA) is 73.1 Å². The normalized spacial score (nSPS) is 14.5. The second-order valence-corrected chi connectivity index (χ2v) is 8.46. The Morgan fingerprint density at radius 3 is 2.36 bits per heavy atom. The van der Waals surface area contributed by atoms with E-state index in [1.807, 2.05) is 33.8 Å². The zero-order valence-corrected chi connectivity index (χ0v) is 19.2. The van der Waals surface area contributed by atoms with Gasteiger partial charge in [0.2, 0.25) is 5.91 Å². The van der Waals surface area contributed by atoms with Crippen LogP contribution in [0.1, 0.15) is 41.2 Å². The molecule has 7 nitrogen and oxygen atoms in total. The van der Waals surface area contributed by atoms with Crippen molar-refractivity contribution >= 4 is 5.91 Å². The molecule has 174 valence electrons. The number of piperidine rings is 1. The third kappa shape index (κ3) is 5.02. The summed E-state index contributed by atoms with van der Waals surface area (Å²) in [5.41, 5.74) is 4.19. The van der Waals surface area contributed by atoms with Crippen molar-refractivity contribution < 1.29 is 18.3 Å². The zero-order valence-electron chi connectivity index (χ0n) is 19.2. The Labute approximate surface area is 191 Å². The van der Waals surface area contributed by atoms with E-state index in [0.29, 0.717) is 31.9 Å². The molecule has 2 aromatic heterocycles. The van der Waals surface area contributed by atoms with Gasteiger partial charge in [0.05, 0.1) is 12.1 Å². The Morgan fingerprint density at radius 1 is 1.06 bits per heavy atom. The maximum atomic E-state index is 13.9. The Kier molecular flexibility index (Phi) is 6.40. The second-order valence-electron chi connectivity index (χ2n) is 8.46. The Balaban J connectivity index is 1.40. The van der Waals surface area contributed by atoms with E-state index in [9.17, 15) is 13.6 Å². The summed E-state index contributed by atoms with van der Waals surface area (Å²) in [6, 6.07) is 5.18. The van der Waals surface area contributed by atoms with Crippen molar-refractivity contribution in [1.82, 2.24) is 24.6 Å². The van der Waals surface area contributed by atoms with Gasteiger partial charge < -0.3 is 9.64 Å². The Hall–Kier alpha value is -3.36. The van der Waals surface area contributed by atoms with E-state index in [4.69, 9.17) is 4.74 Å². The van der Waals surface area contributed by atoms with Crippen molar-refractivity contribution in [3.8, 4) is 11.7 Å².